The molecule has 3 N–H and O–H groups in total. The molecule has 2 atom stereocenters. The van der Waals surface area contributed by atoms with Crippen LogP contribution in [0, 0.1) is 0 Å². The quantitative estimate of drug-likeness (QED) is 0.812. The van der Waals surface area contributed by atoms with Crippen molar-refractivity contribution < 1.29 is 8.42 Å². The van der Waals surface area contributed by atoms with Crippen LogP contribution in [0.1, 0.15) is 26.2 Å². The van der Waals surface area contributed by atoms with Gasteiger partial charge in [-0.05, 0) is 43.2 Å². The largest absolute Gasteiger partial charge is 0.397 e. The van der Waals surface area contributed by atoms with Crippen molar-refractivity contribution in [1.82, 2.24) is 4.72 Å². The maximum absolute atomic E-state index is 12.3. The zero-order valence-electron chi connectivity index (χ0n) is 11.3. The first-order valence-electron chi connectivity index (χ1n) is 6.61. The molecule has 2 unspecified atom stereocenters. The zero-order chi connectivity index (χ0) is 14.8. The van der Waals surface area contributed by atoms with E-state index in [4.69, 9.17) is 17.3 Å². The van der Waals surface area contributed by atoms with Gasteiger partial charge in [-0.1, -0.05) is 18.5 Å². The van der Waals surface area contributed by atoms with E-state index in [0.29, 0.717) is 10.3 Å². The molecule has 112 valence electrons. The maximum atomic E-state index is 12.3. The Labute approximate surface area is 129 Å². The van der Waals surface area contributed by atoms with Crippen molar-refractivity contribution in [1.29, 1.82) is 0 Å². The molecule has 0 aromatic heterocycles. The normalized spacial score (nSPS) is 23.1. The fourth-order valence-electron chi connectivity index (χ4n) is 2.41. The number of nitrogen functional groups attached to an aromatic ring is 1. The van der Waals surface area contributed by atoms with E-state index < -0.39 is 10.0 Å². The third kappa shape index (κ3) is 3.81. The van der Waals surface area contributed by atoms with Gasteiger partial charge >= 0.3 is 0 Å². The number of hydrogen-bond donors (Lipinski definition) is 2. The highest BCUT2D eigenvalue weighted by Crippen LogP contribution is 2.31. The summed E-state index contributed by atoms with van der Waals surface area (Å²) in [5.74, 6) is 1.07. The van der Waals surface area contributed by atoms with Crippen LogP contribution < -0.4 is 10.5 Å². The minimum Gasteiger partial charge on any atom is -0.397 e. The Morgan fingerprint density at radius 1 is 1.45 bits per heavy atom. The number of hydrogen-bond acceptors (Lipinski definition) is 4. The number of rotatable bonds is 5. The lowest BCUT2D eigenvalue weighted by molar-refractivity contribution is 0.552. The SMILES string of the molecule is CCSC1CCC(NS(=O)(=O)c2ccc(Cl)c(N)c2)C1. The van der Waals surface area contributed by atoms with Gasteiger partial charge in [0.25, 0.3) is 0 Å². The van der Waals surface area contributed by atoms with Crippen molar-refractivity contribution in [2.45, 2.75) is 42.4 Å². The Bertz CT molecular complexity index is 578. The molecule has 4 nitrogen and oxygen atoms in total. The monoisotopic (exact) mass is 334 g/mol. The van der Waals surface area contributed by atoms with E-state index in [0.717, 1.165) is 25.0 Å². The van der Waals surface area contributed by atoms with Crippen LogP contribution in [0.5, 0.6) is 0 Å². The van der Waals surface area contributed by atoms with Crippen LogP contribution in [0.3, 0.4) is 0 Å². The number of anilines is 1. The Morgan fingerprint density at radius 2 is 2.20 bits per heavy atom. The molecule has 1 aliphatic carbocycles. The molecule has 1 fully saturated rings. The fourth-order valence-corrected chi connectivity index (χ4v) is 4.99. The predicted molar refractivity (Wildman–Crippen MR) is 85.7 cm³/mol. The molecule has 1 aromatic rings. The highest BCUT2D eigenvalue weighted by atomic mass is 35.5. The molecule has 7 heteroatoms. The lowest BCUT2D eigenvalue weighted by Crippen LogP contribution is -2.33. The van der Waals surface area contributed by atoms with E-state index in [9.17, 15) is 8.42 Å². The average molecular weight is 335 g/mol. The molecule has 0 aliphatic heterocycles. The molecule has 1 aliphatic rings. The summed E-state index contributed by atoms with van der Waals surface area (Å²) < 4.78 is 27.4. The molecule has 0 bridgehead atoms. The van der Waals surface area contributed by atoms with Crippen molar-refractivity contribution in [3.63, 3.8) is 0 Å². The van der Waals surface area contributed by atoms with Crippen molar-refractivity contribution in [2.24, 2.45) is 0 Å². The van der Waals surface area contributed by atoms with Gasteiger partial charge in [0.2, 0.25) is 10.0 Å². The van der Waals surface area contributed by atoms with Crippen LogP contribution in [0.25, 0.3) is 0 Å². The van der Waals surface area contributed by atoms with E-state index in [1.54, 1.807) is 0 Å². The third-order valence-electron chi connectivity index (χ3n) is 3.39. The topological polar surface area (TPSA) is 72.2 Å². The van der Waals surface area contributed by atoms with Gasteiger partial charge < -0.3 is 5.73 Å². The van der Waals surface area contributed by atoms with Gasteiger partial charge in [0, 0.05) is 11.3 Å². The summed E-state index contributed by atoms with van der Waals surface area (Å²) in [7, 11) is -3.52. The fraction of sp³-hybridized carbons (Fsp3) is 0.538. The average Bonchev–Trinajstić information content (AvgIpc) is 2.79. The van der Waals surface area contributed by atoms with Crippen LogP contribution in [0.15, 0.2) is 23.1 Å². The molecular weight excluding hydrogens is 316 g/mol. The number of sulfonamides is 1. The Morgan fingerprint density at radius 3 is 2.85 bits per heavy atom. The van der Waals surface area contributed by atoms with Crippen LogP contribution in [-0.4, -0.2) is 25.5 Å². The summed E-state index contributed by atoms with van der Waals surface area (Å²) >= 11 is 7.71. The van der Waals surface area contributed by atoms with Gasteiger partial charge in [0.15, 0.2) is 0 Å². The second-order valence-corrected chi connectivity index (χ2v) is 8.59. The van der Waals surface area contributed by atoms with Gasteiger partial charge in [-0.15, -0.1) is 0 Å². The molecule has 0 saturated heterocycles. The third-order valence-corrected chi connectivity index (χ3v) is 6.48. The molecule has 0 heterocycles. The van der Waals surface area contributed by atoms with Crippen LogP contribution in [0.2, 0.25) is 5.02 Å². The summed E-state index contributed by atoms with van der Waals surface area (Å²) in [5.41, 5.74) is 5.94. The summed E-state index contributed by atoms with van der Waals surface area (Å²) in [5, 5.41) is 0.923. The van der Waals surface area contributed by atoms with Crippen LogP contribution in [0.4, 0.5) is 5.69 Å². The first-order chi connectivity index (χ1) is 9.42. The molecular formula is C13H19ClN2O2S2. The summed E-state index contributed by atoms with van der Waals surface area (Å²) in [4.78, 5) is 0.172. The Hall–Kier alpha value is -0.430. The van der Waals surface area contributed by atoms with Gasteiger partial charge in [0.1, 0.15) is 0 Å². The van der Waals surface area contributed by atoms with E-state index in [1.165, 1.54) is 18.2 Å². The lowest BCUT2D eigenvalue weighted by Gasteiger charge is -2.14. The minimum absolute atomic E-state index is 0.0148. The van der Waals surface area contributed by atoms with Gasteiger partial charge in [-0.3, -0.25) is 0 Å². The van der Waals surface area contributed by atoms with Gasteiger partial charge in [-0.2, -0.15) is 11.8 Å². The number of nitrogens with one attached hydrogen (secondary N) is 1. The number of halogens is 1. The smallest absolute Gasteiger partial charge is 0.240 e. The predicted octanol–water partition coefficient (Wildman–Crippen LogP) is 2.87. The molecule has 0 spiro atoms. The second kappa shape index (κ2) is 6.56. The lowest BCUT2D eigenvalue weighted by atomic mass is 10.3. The first kappa shape index (κ1) is 15.9. The highest BCUT2D eigenvalue weighted by Gasteiger charge is 2.28. The van der Waals surface area contributed by atoms with E-state index in [1.807, 2.05) is 11.8 Å². The second-order valence-electron chi connectivity index (χ2n) is 4.89. The molecule has 2 rings (SSSR count). The molecule has 20 heavy (non-hydrogen) atoms. The minimum atomic E-state index is -3.52. The van der Waals surface area contributed by atoms with Crippen molar-refractivity contribution in [3.05, 3.63) is 23.2 Å². The molecule has 0 amide bonds. The van der Waals surface area contributed by atoms with E-state index >= 15 is 0 Å². The number of benzene rings is 1. The molecule has 1 aromatic carbocycles. The number of nitrogens with two attached hydrogens (primary N) is 1. The molecule has 0 radical (unpaired) electrons. The van der Waals surface area contributed by atoms with Crippen molar-refractivity contribution >= 4 is 39.1 Å². The highest BCUT2D eigenvalue weighted by molar-refractivity contribution is 7.99. The maximum Gasteiger partial charge on any atom is 0.240 e. The Kier molecular flexibility index (Phi) is 5.23. The summed E-state index contributed by atoms with van der Waals surface area (Å²) in [6, 6.07) is 4.41. The summed E-state index contributed by atoms with van der Waals surface area (Å²) in [6.45, 7) is 2.12. The standard InChI is InChI=1S/C13H19ClN2O2S2/c1-2-19-10-4-3-9(7-10)16-20(17,18)11-5-6-12(14)13(15)8-11/h5-6,8-10,16H,2-4,7,15H2,1H3. The van der Waals surface area contributed by atoms with E-state index in [2.05, 4.69) is 11.6 Å². The van der Waals surface area contributed by atoms with Crippen LogP contribution >= 0.6 is 23.4 Å². The summed E-state index contributed by atoms with van der Waals surface area (Å²) in [6.07, 6.45) is 2.84. The zero-order valence-corrected chi connectivity index (χ0v) is 13.7. The number of thioether (sulfide) groups is 1. The van der Waals surface area contributed by atoms with Crippen molar-refractivity contribution in [2.75, 3.05) is 11.5 Å². The van der Waals surface area contributed by atoms with Gasteiger partial charge in [0.05, 0.1) is 15.6 Å². The molecule has 1 saturated carbocycles. The van der Waals surface area contributed by atoms with Crippen LogP contribution in [-0.2, 0) is 10.0 Å². The van der Waals surface area contributed by atoms with Crippen molar-refractivity contribution in [3.8, 4) is 0 Å². The van der Waals surface area contributed by atoms with Gasteiger partial charge in [-0.25, -0.2) is 13.1 Å². The Balaban J connectivity index is 2.06. The van der Waals surface area contributed by atoms with E-state index in [-0.39, 0.29) is 16.6 Å². The first-order valence-corrected chi connectivity index (χ1v) is 9.52.